The van der Waals surface area contributed by atoms with Crippen molar-refractivity contribution >= 4 is 0 Å². The van der Waals surface area contributed by atoms with Crippen molar-refractivity contribution in [3.8, 4) is 0 Å². The lowest BCUT2D eigenvalue weighted by Crippen LogP contribution is -2.52. The first-order valence-corrected chi connectivity index (χ1v) is 7.82. The van der Waals surface area contributed by atoms with Crippen molar-refractivity contribution in [1.29, 1.82) is 0 Å². The molecular formula is C15H30N2O. The maximum atomic E-state index is 5.98. The molecule has 1 saturated heterocycles. The standard InChI is InChI=1S/C15H30N2O/c1-3-13-5-4-6-14(8-7-13)17-9-10-18-15(11-17)12(2)16/h12-15H,3-11,16H2,1-2H3. The summed E-state index contributed by atoms with van der Waals surface area (Å²) in [6, 6.07) is 0.939. The van der Waals surface area contributed by atoms with E-state index in [2.05, 4.69) is 18.7 Å². The fourth-order valence-electron chi connectivity index (χ4n) is 3.48. The van der Waals surface area contributed by atoms with Crippen LogP contribution in [0.15, 0.2) is 0 Å². The molecule has 106 valence electrons. The van der Waals surface area contributed by atoms with E-state index in [1.54, 1.807) is 0 Å². The Hall–Kier alpha value is -0.120. The molecule has 3 heteroatoms. The van der Waals surface area contributed by atoms with Gasteiger partial charge in [0.25, 0.3) is 0 Å². The summed E-state index contributed by atoms with van der Waals surface area (Å²) in [5, 5.41) is 0. The smallest absolute Gasteiger partial charge is 0.0850 e. The molecule has 1 aliphatic carbocycles. The summed E-state index contributed by atoms with van der Waals surface area (Å²) in [4.78, 5) is 2.65. The predicted molar refractivity (Wildman–Crippen MR) is 75.6 cm³/mol. The van der Waals surface area contributed by atoms with Crippen LogP contribution in [0.1, 0.15) is 52.4 Å². The number of nitrogens with zero attached hydrogens (tertiary/aromatic N) is 1. The Morgan fingerprint density at radius 3 is 2.83 bits per heavy atom. The summed E-state index contributed by atoms with van der Waals surface area (Å²) in [7, 11) is 0. The minimum absolute atomic E-state index is 0.155. The fourth-order valence-corrected chi connectivity index (χ4v) is 3.48. The van der Waals surface area contributed by atoms with Gasteiger partial charge in [0.2, 0.25) is 0 Å². The van der Waals surface area contributed by atoms with Crippen molar-refractivity contribution in [1.82, 2.24) is 4.90 Å². The molecule has 18 heavy (non-hydrogen) atoms. The fraction of sp³-hybridized carbons (Fsp3) is 1.00. The molecule has 0 aromatic heterocycles. The van der Waals surface area contributed by atoms with Crippen LogP contribution in [0.2, 0.25) is 0 Å². The molecule has 4 unspecified atom stereocenters. The van der Waals surface area contributed by atoms with E-state index in [0.29, 0.717) is 0 Å². The van der Waals surface area contributed by atoms with Gasteiger partial charge in [-0.15, -0.1) is 0 Å². The number of hydrogen-bond donors (Lipinski definition) is 1. The first-order valence-electron chi connectivity index (χ1n) is 7.82. The van der Waals surface area contributed by atoms with Crippen molar-refractivity contribution < 1.29 is 4.74 Å². The normalized spacial score (nSPS) is 37.2. The number of nitrogens with two attached hydrogens (primary N) is 1. The molecule has 0 spiro atoms. The van der Waals surface area contributed by atoms with Gasteiger partial charge in [-0.2, -0.15) is 0 Å². The van der Waals surface area contributed by atoms with E-state index in [0.717, 1.165) is 31.7 Å². The highest BCUT2D eigenvalue weighted by Gasteiger charge is 2.29. The van der Waals surface area contributed by atoms with Gasteiger partial charge in [0.05, 0.1) is 12.7 Å². The molecule has 0 radical (unpaired) electrons. The van der Waals surface area contributed by atoms with Gasteiger partial charge in [0, 0.05) is 25.2 Å². The summed E-state index contributed by atoms with van der Waals surface area (Å²) in [5.74, 6) is 0.972. The van der Waals surface area contributed by atoms with Gasteiger partial charge >= 0.3 is 0 Å². The Labute approximate surface area is 112 Å². The van der Waals surface area contributed by atoms with E-state index < -0.39 is 0 Å². The molecule has 2 aliphatic rings. The average molecular weight is 254 g/mol. The lowest BCUT2D eigenvalue weighted by molar-refractivity contribution is -0.0534. The minimum Gasteiger partial charge on any atom is -0.374 e. The third-order valence-electron chi connectivity index (χ3n) is 4.86. The van der Waals surface area contributed by atoms with Gasteiger partial charge in [-0.25, -0.2) is 0 Å². The molecule has 0 aromatic carbocycles. The Kier molecular flexibility index (Phi) is 5.46. The molecule has 2 N–H and O–H groups in total. The van der Waals surface area contributed by atoms with E-state index in [1.807, 2.05) is 0 Å². The van der Waals surface area contributed by atoms with Crippen molar-refractivity contribution in [2.24, 2.45) is 11.7 Å². The highest BCUT2D eigenvalue weighted by atomic mass is 16.5. The quantitative estimate of drug-likeness (QED) is 0.786. The second kappa shape index (κ2) is 6.88. The number of rotatable bonds is 3. The molecule has 2 rings (SSSR count). The second-order valence-corrected chi connectivity index (χ2v) is 6.20. The lowest BCUT2D eigenvalue weighted by Gasteiger charge is -2.39. The summed E-state index contributed by atoms with van der Waals surface area (Å²) in [6.45, 7) is 7.41. The molecule has 0 amide bonds. The van der Waals surface area contributed by atoms with Crippen molar-refractivity contribution in [2.75, 3.05) is 19.7 Å². The molecule has 4 atom stereocenters. The van der Waals surface area contributed by atoms with Crippen LogP contribution in [0, 0.1) is 5.92 Å². The zero-order chi connectivity index (χ0) is 13.0. The molecule has 3 nitrogen and oxygen atoms in total. The third-order valence-corrected chi connectivity index (χ3v) is 4.86. The van der Waals surface area contributed by atoms with E-state index in [4.69, 9.17) is 10.5 Å². The van der Waals surface area contributed by atoms with Crippen LogP contribution in [0.5, 0.6) is 0 Å². The van der Waals surface area contributed by atoms with E-state index in [-0.39, 0.29) is 12.1 Å². The van der Waals surface area contributed by atoms with Crippen LogP contribution in [0.4, 0.5) is 0 Å². The number of ether oxygens (including phenoxy) is 1. The molecule has 0 bridgehead atoms. The maximum Gasteiger partial charge on any atom is 0.0850 e. The molecule has 2 fully saturated rings. The van der Waals surface area contributed by atoms with E-state index in [1.165, 1.54) is 38.5 Å². The Balaban J connectivity index is 1.86. The number of morpholine rings is 1. The van der Waals surface area contributed by atoms with Gasteiger partial charge in [-0.3, -0.25) is 4.90 Å². The van der Waals surface area contributed by atoms with Crippen LogP contribution in [-0.2, 0) is 4.74 Å². The maximum absolute atomic E-state index is 5.98. The first-order chi connectivity index (χ1) is 8.70. The zero-order valence-corrected chi connectivity index (χ0v) is 12.1. The van der Waals surface area contributed by atoms with Crippen molar-refractivity contribution in [3.05, 3.63) is 0 Å². The summed E-state index contributed by atoms with van der Waals surface area (Å²) in [6.07, 6.45) is 8.62. The number of hydrogen-bond acceptors (Lipinski definition) is 3. The van der Waals surface area contributed by atoms with Crippen LogP contribution in [0.25, 0.3) is 0 Å². The van der Waals surface area contributed by atoms with Crippen LogP contribution in [-0.4, -0.2) is 42.8 Å². The lowest BCUT2D eigenvalue weighted by atomic mass is 9.97. The molecule has 1 heterocycles. The topological polar surface area (TPSA) is 38.5 Å². The van der Waals surface area contributed by atoms with Gasteiger partial charge in [0.15, 0.2) is 0 Å². The third kappa shape index (κ3) is 3.69. The highest BCUT2D eigenvalue weighted by molar-refractivity contribution is 4.84. The average Bonchev–Trinajstić information content (AvgIpc) is 2.64. The molecular weight excluding hydrogens is 224 g/mol. The molecule has 1 aliphatic heterocycles. The van der Waals surface area contributed by atoms with Crippen LogP contribution >= 0.6 is 0 Å². The van der Waals surface area contributed by atoms with E-state index in [9.17, 15) is 0 Å². The Bertz CT molecular complexity index is 245. The molecule has 1 saturated carbocycles. The SMILES string of the molecule is CCC1CCCC(N2CCOC(C(C)N)C2)CC1. The summed E-state index contributed by atoms with van der Waals surface area (Å²) in [5.41, 5.74) is 5.98. The van der Waals surface area contributed by atoms with Crippen molar-refractivity contribution in [3.63, 3.8) is 0 Å². The summed E-state index contributed by atoms with van der Waals surface area (Å²) < 4.78 is 5.77. The second-order valence-electron chi connectivity index (χ2n) is 6.20. The zero-order valence-electron chi connectivity index (χ0n) is 12.1. The first kappa shape index (κ1) is 14.3. The van der Waals surface area contributed by atoms with Gasteiger partial charge in [0.1, 0.15) is 0 Å². The molecule has 0 aromatic rings. The minimum atomic E-state index is 0.155. The van der Waals surface area contributed by atoms with Gasteiger partial charge < -0.3 is 10.5 Å². The van der Waals surface area contributed by atoms with Gasteiger partial charge in [-0.05, 0) is 32.1 Å². The Morgan fingerprint density at radius 2 is 2.11 bits per heavy atom. The van der Waals surface area contributed by atoms with Crippen LogP contribution < -0.4 is 5.73 Å². The Morgan fingerprint density at radius 1 is 1.28 bits per heavy atom. The van der Waals surface area contributed by atoms with Gasteiger partial charge in [-0.1, -0.05) is 26.2 Å². The van der Waals surface area contributed by atoms with E-state index >= 15 is 0 Å². The largest absolute Gasteiger partial charge is 0.374 e. The summed E-state index contributed by atoms with van der Waals surface area (Å²) >= 11 is 0. The van der Waals surface area contributed by atoms with Crippen molar-refractivity contribution in [2.45, 2.75) is 70.6 Å². The monoisotopic (exact) mass is 254 g/mol. The highest BCUT2D eigenvalue weighted by Crippen LogP contribution is 2.29. The predicted octanol–water partition coefficient (Wildman–Crippen LogP) is 2.39. The van der Waals surface area contributed by atoms with Crippen LogP contribution in [0.3, 0.4) is 0 Å².